The van der Waals surface area contributed by atoms with Gasteiger partial charge < -0.3 is 9.84 Å². The number of rotatable bonds is 2. The van der Waals surface area contributed by atoms with Crippen molar-refractivity contribution in [3.8, 4) is 0 Å². The zero-order valence-corrected chi connectivity index (χ0v) is 11.7. The van der Waals surface area contributed by atoms with E-state index in [1.165, 1.54) is 0 Å². The second kappa shape index (κ2) is 4.89. The van der Waals surface area contributed by atoms with Crippen LogP contribution in [0.5, 0.6) is 0 Å². The second-order valence-corrected chi connectivity index (χ2v) is 7.13. The van der Waals surface area contributed by atoms with Crippen molar-refractivity contribution in [2.24, 2.45) is 17.3 Å². The van der Waals surface area contributed by atoms with Crippen molar-refractivity contribution in [3.05, 3.63) is 0 Å². The highest BCUT2D eigenvalue weighted by atomic mass is 16.5. The average Bonchev–Trinajstić information content (AvgIpc) is 2.26. The van der Waals surface area contributed by atoms with Crippen molar-refractivity contribution in [3.63, 3.8) is 0 Å². The smallest absolute Gasteiger partial charge is 0.0676 e. The Balaban J connectivity index is 1.94. The minimum Gasteiger partial charge on any atom is -0.390 e. The molecule has 1 saturated heterocycles. The zero-order chi connectivity index (χ0) is 12.5. The Kier molecular flexibility index (Phi) is 3.84. The maximum atomic E-state index is 10.9. The average molecular weight is 240 g/mol. The number of hydrogen-bond donors (Lipinski definition) is 1. The van der Waals surface area contributed by atoms with Gasteiger partial charge in [-0.25, -0.2) is 0 Å². The first-order valence-corrected chi connectivity index (χ1v) is 7.21. The molecule has 2 rings (SSSR count). The molecule has 2 aliphatic rings. The van der Waals surface area contributed by atoms with E-state index in [9.17, 15) is 5.11 Å². The number of aliphatic hydroxyl groups is 1. The molecule has 0 spiro atoms. The van der Waals surface area contributed by atoms with Gasteiger partial charge in [-0.05, 0) is 55.8 Å². The van der Waals surface area contributed by atoms with Crippen LogP contribution in [0.4, 0.5) is 0 Å². The first-order chi connectivity index (χ1) is 7.91. The van der Waals surface area contributed by atoms with Gasteiger partial charge >= 0.3 is 0 Å². The molecule has 2 nitrogen and oxygen atoms in total. The van der Waals surface area contributed by atoms with E-state index in [0.29, 0.717) is 17.3 Å². The van der Waals surface area contributed by atoms with Crippen LogP contribution in [-0.4, -0.2) is 23.9 Å². The zero-order valence-electron chi connectivity index (χ0n) is 11.7. The molecule has 0 bridgehead atoms. The van der Waals surface area contributed by atoms with Crippen LogP contribution in [0.1, 0.15) is 59.3 Å². The van der Waals surface area contributed by atoms with Crippen molar-refractivity contribution >= 4 is 0 Å². The van der Waals surface area contributed by atoms with E-state index in [1.54, 1.807) is 0 Å². The van der Waals surface area contributed by atoms with Gasteiger partial charge in [-0.1, -0.05) is 20.8 Å². The third-order valence-corrected chi connectivity index (χ3v) is 4.99. The fourth-order valence-electron chi connectivity index (χ4n) is 3.68. The number of ether oxygens (including phenoxy) is 1. The van der Waals surface area contributed by atoms with E-state index in [4.69, 9.17) is 4.74 Å². The first-order valence-electron chi connectivity index (χ1n) is 7.21. The Morgan fingerprint density at radius 3 is 2.41 bits per heavy atom. The van der Waals surface area contributed by atoms with Gasteiger partial charge in [0.05, 0.1) is 5.60 Å². The Morgan fingerprint density at radius 1 is 1.18 bits per heavy atom. The summed E-state index contributed by atoms with van der Waals surface area (Å²) in [6, 6.07) is 0. The van der Waals surface area contributed by atoms with E-state index in [1.807, 2.05) is 0 Å². The van der Waals surface area contributed by atoms with Crippen molar-refractivity contribution in [2.75, 3.05) is 13.2 Å². The van der Waals surface area contributed by atoms with Crippen LogP contribution in [0.3, 0.4) is 0 Å². The Labute approximate surface area is 106 Å². The predicted molar refractivity (Wildman–Crippen MR) is 69.9 cm³/mol. The largest absolute Gasteiger partial charge is 0.390 e. The molecule has 1 aliphatic carbocycles. The van der Waals surface area contributed by atoms with Gasteiger partial charge in [0, 0.05) is 13.2 Å². The van der Waals surface area contributed by atoms with Crippen LogP contribution in [0.15, 0.2) is 0 Å². The third-order valence-electron chi connectivity index (χ3n) is 4.99. The normalized spacial score (nSPS) is 39.2. The summed E-state index contributed by atoms with van der Waals surface area (Å²) in [6.45, 7) is 8.68. The molecule has 0 amide bonds. The van der Waals surface area contributed by atoms with Crippen molar-refractivity contribution in [1.29, 1.82) is 0 Å². The lowest BCUT2D eigenvalue weighted by atomic mass is 9.63. The van der Waals surface area contributed by atoms with E-state index in [-0.39, 0.29) is 0 Å². The molecule has 2 heteroatoms. The molecule has 2 unspecified atom stereocenters. The molecule has 2 fully saturated rings. The van der Waals surface area contributed by atoms with Crippen LogP contribution in [0.25, 0.3) is 0 Å². The predicted octanol–water partition coefficient (Wildman–Crippen LogP) is 3.38. The van der Waals surface area contributed by atoms with Crippen molar-refractivity contribution in [1.82, 2.24) is 0 Å². The van der Waals surface area contributed by atoms with Crippen molar-refractivity contribution < 1.29 is 9.84 Å². The molecular weight excluding hydrogens is 212 g/mol. The van der Waals surface area contributed by atoms with E-state index in [2.05, 4.69) is 20.8 Å². The summed E-state index contributed by atoms with van der Waals surface area (Å²) in [5.74, 6) is 1.12. The van der Waals surface area contributed by atoms with Gasteiger partial charge in [-0.2, -0.15) is 0 Å². The van der Waals surface area contributed by atoms with Gasteiger partial charge in [-0.3, -0.25) is 0 Å². The summed E-state index contributed by atoms with van der Waals surface area (Å²) in [5.41, 5.74) is 0.0127. The molecule has 1 saturated carbocycles. The Bertz CT molecular complexity index is 256. The minimum atomic E-state index is -0.405. The summed E-state index contributed by atoms with van der Waals surface area (Å²) in [7, 11) is 0. The third kappa shape index (κ3) is 3.23. The van der Waals surface area contributed by atoms with Crippen molar-refractivity contribution in [2.45, 2.75) is 64.9 Å². The maximum absolute atomic E-state index is 10.9. The molecule has 17 heavy (non-hydrogen) atoms. The molecule has 0 aromatic carbocycles. The summed E-state index contributed by atoms with van der Waals surface area (Å²) in [4.78, 5) is 0. The SMILES string of the molecule is CC1CC(C)(C)CCC1(O)CC1CCOCC1. The van der Waals surface area contributed by atoms with E-state index in [0.717, 1.165) is 51.7 Å². The molecule has 2 atom stereocenters. The first kappa shape index (κ1) is 13.4. The number of hydrogen-bond acceptors (Lipinski definition) is 2. The van der Waals surface area contributed by atoms with Gasteiger partial charge in [0.1, 0.15) is 0 Å². The lowest BCUT2D eigenvalue weighted by molar-refractivity contribution is -0.0942. The summed E-state index contributed by atoms with van der Waals surface area (Å²) < 4.78 is 5.40. The standard InChI is InChI=1S/C15H28O2/c1-12-10-14(2,3)6-7-15(12,16)11-13-4-8-17-9-5-13/h12-13,16H,4-11H2,1-3H3. The Hall–Kier alpha value is -0.0800. The van der Waals surface area contributed by atoms with Crippen LogP contribution in [0.2, 0.25) is 0 Å². The minimum absolute atomic E-state index is 0.405. The maximum Gasteiger partial charge on any atom is 0.0676 e. The van der Waals surface area contributed by atoms with Crippen LogP contribution >= 0.6 is 0 Å². The van der Waals surface area contributed by atoms with E-state index >= 15 is 0 Å². The van der Waals surface area contributed by atoms with E-state index < -0.39 is 5.60 Å². The van der Waals surface area contributed by atoms with Gasteiger partial charge in [-0.15, -0.1) is 0 Å². The van der Waals surface area contributed by atoms with Gasteiger partial charge in [0.25, 0.3) is 0 Å². The molecular formula is C15H28O2. The molecule has 1 N–H and O–H groups in total. The highest BCUT2D eigenvalue weighted by molar-refractivity contribution is 4.95. The fourth-order valence-corrected chi connectivity index (χ4v) is 3.68. The molecule has 0 aromatic heterocycles. The summed E-state index contributed by atoms with van der Waals surface area (Å²) in [6.07, 6.45) is 6.58. The van der Waals surface area contributed by atoms with Gasteiger partial charge in [0.15, 0.2) is 0 Å². The quantitative estimate of drug-likeness (QED) is 0.802. The Morgan fingerprint density at radius 2 is 1.82 bits per heavy atom. The monoisotopic (exact) mass is 240 g/mol. The molecule has 0 radical (unpaired) electrons. The van der Waals surface area contributed by atoms with Gasteiger partial charge in [0.2, 0.25) is 0 Å². The molecule has 0 aromatic rings. The second-order valence-electron chi connectivity index (χ2n) is 7.13. The molecule has 100 valence electrons. The summed E-state index contributed by atoms with van der Waals surface area (Å²) in [5, 5.41) is 10.9. The van der Waals surface area contributed by atoms with Crippen LogP contribution < -0.4 is 0 Å². The fraction of sp³-hybridized carbons (Fsp3) is 1.00. The highest BCUT2D eigenvalue weighted by Crippen LogP contribution is 2.47. The summed E-state index contributed by atoms with van der Waals surface area (Å²) >= 11 is 0. The highest BCUT2D eigenvalue weighted by Gasteiger charge is 2.43. The molecule has 1 aliphatic heterocycles. The lowest BCUT2D eigenvalue weighted by Gasteiger charge is -2.47. The topological polar surface area (TPSA) is 29.5 Å². The van der Waals surface area contributed by atoms with Crippen LogP contribution in [0, 0.1) is 17.3 Å². The molecule has 1 heterocycles. The lowest BCUT2D eigenvalue weighted by Crippen LogP contribution is -2.45. The van der Waals surface area contributed by atoms with Crippen LogP contribution in [-0.2, 0) is 4.74 Å².